The molecule has 0 saturated heterocycles. The quantitative estimate of drug-likeness (QED) is 0.543. The average Bonchev–Trinajstić information content (AvgIpc) is 3.01. The van der Waals surface area contributed by atoms with Gasteiger partial charge in [0.25, 0.3) is 5.56 Å². The molecule has 0 saturated carbocycles. The van der Waals surface area contributed by atoms with Crippen LogP contribution in [-0.2, 0) is 12.8 Å². The smallest absolute Gasteiger partial charge is 0.267 e. The van der Waals surface area contributed by atoms with Crippen molar-refractivity contribution in [1.29, 1.82) is 0 Å². The maximum Gasteiger partial charge on any atom is 0.267 e. The van der Waals surface area contributed by atoms with Crippen molar-refractivity contribution in [3.8, 4) is 5.69 Å². The molecule has 1 aromatic carbocycles. The van der Waals surface area contributed by atoms with Crippen molar-refractivity contribution in [2.75, 3.05) is 12.4 Å². The number of aliphatic hydroxyl groups is 1. The first-order valence-corrected chi connectivity index (χ1v) is 10.8. The van der Waals surface area contributed by atoms with Gasteiger partial charge in [-0.2, -0.15) is 0 Å². The Hall–Kier alpha value is -1.63. The molecule has 0 fully saturated rings. The summed E-state index contributed by atoms with van der Waals surface area (Å²) >= 11 is 3.11. The number of benzene rings is 1. The Morgan fingerprint density at radius 1 is 1.23 bits per heavy atom. The van der Waals surface area contributed by atoms with Gasteiger partial charge in [0.15, 0.2) is 5.16 Å². The molecule has 26 heavy (non-hydrogen) atoms. The van der Waals surface area contributed by atoms with Crippen molar-refractivity contribution in [1.82, 2.24) is 9.55 Å². The van der Waals surface area contributed by atoms with Gasteiger partial charge in [0.2, 0.25) is 0 Å². The molecule has 0 radical (unpaired) electrons. The molecule has 0 bridgehead atoms. The number of nitrogens with zero attached hydrogens (tertiary/aromatic N) is 2. The number of hydrogen-bond donors (Lipinski definition) is 1. The lowest BCUT2D eigenvalue weighted by Crippen LogP contribution is -2.22. The van der Waals surface area contributed by atoms with Gasteiger partial charge in [-0.15, -0.1) is 11.3 Å². The molecule has 0 aliphatic heterocycles. The second-order valence-corrected chi connectivity index (χ2v) is 8.91. The van der Waals surface area contributed by atoms with Crippen LogP contribution in [0.2, 0.25) is 0 Å². The third kappa shape index (κ3) is 3.00. The molecule has 6 heteroatoms. The zero-order valence-corrected chi connectivity index (χ0v) is 16.7. The molecule has 1 aliphatic carbocycles. The number of hydrogen-bond acceptors (Lipinski definition) is 5. The van der Waals surface area contributed by atoms with E-state index in [-0.39, 0.29) is 12.2 Å². The van der Waals surface area contributed by atoms with E-state index in [4.69, 9.17) is 4.98 Å². The molecule has 136 valence electrons. The molecule has 0 unspecified atom stereocenters. The third-order valence-corrected chi connectivity index (χ3v) is 7.13. The second-order valence-electron chi connectivity index (χ2n) is 6.77. The Morgan fingerprint density at radius 2 is 2.04 bits per heavy atom. The van der Waals surface area contributed by atoms with E-state index in [0.29, 0.717) is 10.9 Å². The Morgan fingerprint density at radius 3 is 2.81 bits per heavy atom. The molecule has 1 N–H and O–H groups in total. The Labute approximate surface area is 160 Å². The van der Waals surface area contributed by atoms with E-state index >= 15 is 0 Å². The number of aromatic nitrogens is 2. The van der Waals surface area contributed by atoms with Crippen LogP contribution in [0.25, 0.3) is 15.9 Å². The van der Waals surface area contributed by atoms with Gasteiger partial charge in [0.1, 0.15) is 4.83 Å². The highest BCUT2D eigenvalue weighted by Gasteiger charge is 2.22. The van der Waals surface area contributed by atoms with Gasteiger partial charge in [-0.05, 0) is 68.4 Å². The van der Waals surface area contributed by atoms with Crippen molar-refractivity contribution in [2.24, 2.45) is 0 Å². The lowest BCUT2D eigenvalue weighted by Gasteiger charge is -2.14. The fourth-order valence-electron chi connectivity index (χ4n) is 3.51. The van der Waals surface area contributed by atoms with Crippen LogP contribution < -0.4 is 5.56 Å². The number of rotatable bonds is 4. The Balaban J connectivity index is 2.00. The van der Waals surface area contributed by atoms with Crippen LogP contribution in [0, 0.1) is 13.8 Å². The topological polar surface area (TPSA) is 55.1 Å². The maximum absolute atomic E-state index is 13.5. The van der Waals surface area contributed by atoms with E-state index in [9.17, 15) is 9.90 Å². The molecule has 3 aromatic rings. The lowest BCUT2D eigenvalue weighted by molar-refractivity contribution is 0.322. The summed E-state index contributed by atoms with van der Waals surface area (Å²) in [5.41, 5.74) is 4.44. The minimum atomic E-state index is 0.0260. The van der Waals surface area contributed by atoms with Crippen molar-refractivity contribution in [2.45, 2.75) is 44.7 Å². The summed E-state index contributed by atoms with van der Waals surface area (Å²) in [7, 11) is 0. The molecule has 2 heterocycles. The summed E-state index contributed by atoms with van der Waals surface area (Å²) in [6, 6.07) is 6.08. The molecule has 4 nitrogen and oxygen atoms in total. The summed E-state index contributed by atoms with van der Waals surface area (Å²) < 4.78 is 1.73. The minimum absolute atomic E-state index is 0.0260. The van der Waals surface area contributed by atoms with Crippen molar-refractivity contribution < 1.29 is 5.11 Å². The first-order chi connectivity index (χ1) is 12.6. The molecule has 0 spiro atoms. The predicted molar refractivity (Wildman–Crippen MR) is 109 cm³/mol. The summed E-state index contributed by atoms with van der Waals surface area (Å²) in [5.74, 6) is 0.522. The van der Waals surface area contributed by atoms with E-state index in [0.717, 1.165) is 40.7 Å². The number of thiophene rings is 1. The van der Waals surface area contributed by atoms with E-state index in [1.54, 1.807) is 15.9 Å². The molecule has 0 atom stereocenters. The fraction of sp³-hybridized carbons (Fsp3) is 0.400. The normalized spacial score (nSPS) is 14.0. The van der Waals surface area contributed by atoms with Crippen LogP contribution in [0.4, 0.5) is 0 Å². The molecule has 4 rings (SSSR count). The van der Waals surface area contributed by atoms with Crippen LogP contribution in [0.5, 0.6) is 0 Å². The van der Waals surface area contributed by atoms with Gasteiger partial charge < -0.3 is 5.11 Å². The van der Waals surface area contributed by atoms with Crippen molar-refractivity contribution >= 4 is 33.3 Å². The van der Waals surface area contributed by atoms with Crippen LogP contribution >= 0.6 is 23.1 Å². The highest BCUT2D eigenvalue weighted by Crippen LogP contribution is 2.35. The van der Waals surface area contributed by atoms with Crippen molar-refractivity contribution in [3.05, 3.63) is 50.1 Å². The van der Waals surface area contributed by atoms with Crippen LogP contribution in [-0.4, -0.2) is 27.0 Å². The van der Waals surface area contributed by atoms with E-state index in [1.165, 1.54) is 34.2 Å². The Bertz CT molecular complexity index is 1040. The summed E-state index contributed by atoms with van der Waals surface area (Å²) in [6.07, 6.45) is 4.36. The zero-order chi connectivity index (χ0) is 18.3. The molecule has 0 amide bonds. The molecule has 1 aliphatic rings. The van der Waals surface area contributed by atoms with E-state index in [1.807, 2.05) is 18.2 Å². The monoisotopic (exact) mass is 386 g/mol. The SMILES string of the molecule is Cc1ccc(-n2c(SCCO)nc3sc4c(c3c2=O)CCCC4)cc1C. The van der Waals surface area contributed by atoms with Gasteiger partial charge in [0, 0.05) is 10.6 Å². The molecular weight excluding hydrogens is 364 g/mol. The first-order valence-electron chi connectivity index (χ1n) is 8.98. The first kappa shape index (κ1) is 17.8. The predicted octanol–water partition coefficient (Wildman–Crippen LogP) is 4.03. The maximum atomic E-state index is 13.5. The van der Waals surface area contributed by atoms with Gasteiger partial charge in [-0.25, -0.2) is 4.98 Å². The fourth-order valence-corrected chi connectivity index (χ4v) is 5.57. The van der Waals surface area contributed by atoms with Gasteiger partial charge in [-0.3, -0.25) is 9.36 Å². The van der Waals surface area contributed by atoms with Crippen LogP contribution in [0.3, 0.4) is 0 Å². The minimum Gasteiger partial charge on any atom is -0.396 e. The van der Waals surface area contributed by atoms with E-state index < -0.39 is 0 Å². The largest absolute Gasteiger partial charge is 0.396 e. The van der Waals surface area contributed by atoms with Gasteiger partial charge in [0.05, 0.1) is 17.7 Å². The lowest BCUT2D eigenvalue weighted by atomic mass is 9.97. The zero-order valence-electron chi connectivity index (χ0n) is 15.0. The van der Waals surface area contributed by atoms with Crippen molar-refractivity contribution in [3.63, 3.8) is 0 Å². The van der Waals surface area contributed by atoms with Gasteiger partial charge >= 0.3 is 0 Å². The highest BCUT2D eigenvalue weighted by molar-refractivity contribution is 7.99. The number of thioether (sulfide) groups is 1. The average molecular weight is 387 g/mol. The van der Waals surface area contributed by atoms with E-state index in [2.05, 4.69) is 13.8 Å². The number of fused-ring (bicyclic) bond motifs is 3. The molecular formula is C20H22N2O2S2. The number of aryl methyl sites for hydroxylation is 4. The van der Waals surface area contributed by atoms with Crippen LogP contribution in [0.15, 0.2) is 28.2 Å². The number of aliphatic hydroxyl groups excluding tert-OH is 1. The summed E-state index contributed by atoms with van der Waals surface area (Å²) in [6.45, 7) is 4.19. The van der Waals surface area contributed by atoms with Gasteiger partial charge in [-0.1, -0.05) is 17.8 Å². The summed E-state index contributed by atoms with van der Waals surface area (Å²) in [4.78, 5) is 20.5. The second kappa shape index (κ2) is 7.18. The Kier molecular flexibility index (Phi) is 4.90. The summed E-state index contributed by atoms with van der Waals surface area (Å²) in [5, 5.41) is 10.7. The third-order valence-electron chi connectivity index (χ3n) is 5.03. The molecule has 2 aromatic heterocycles. The highest BCUT2D eigenvalue weighted by atomic mass is 32.2. The standard InChI is InChI=1S/C20H22N2O2S2/c1-12-7-8-14(11-13(12)2)22-19(24)17-15-5-3-4-6-16(15)26-18(17)21-20(22)25-10-9-23/h7-8,11,23H,3-6,9-10H2,1-2H3. The van der Waals surface area contributed by atoms with Crippen LogP contribution in [0.1, 0.15) is 34.4 Å².